The number of likely N-dealkylation sites (tertiary alicyclic amines) is 1. The lowest BCUT2D eigenvalue weighted by molar-refractivity contribution is -0.138. The molecule has 2 aliphatic rings. The number of rotatable bonds is 6. The molecule has 1 saturated carbocycles. The first-order valence-corrected chi connectivity index (χ1v) is 6.85. The SMILES string of the molecule is CCN1CC(CC(=O)O)CC(NCC2CC2)C1. The number of nitrogens with one attached hydrogen (secondary N) is 1. The molecule has 0 aromatic rings. The first-order valence-electron chi connectivity index (χ1n) is 6.85. The molecular formula is C13H24N2O2. The van der Waals surface area contributed by atoms with E-state index in [1.807, 2.05) is 0 Å². The zero-order valence-electron chi connectivity index (χ0n) is 10.7. The Morgan fingerprint density at radius 1 is 1.35 bits per heavy atom. The molecule has 17 heavy (non-hydrogen) atoms. The zero-order valence-corrected chi connectivity index (χ0v) is 10.7. The van der Waals surface area contributed by atoms with Gasteiger partial charge in [0, 0.05) is 25.6 Å². The lowest BCUT2D eigenvalue weighted by Crippen LogP contribution is -2.49. The molecule has 1 saturated heterocycles. The third kappa shape index (κ3) is 4.28. The Morgan fingerprint density at radius 2 is 2.12 bits per heavy atom. The first kappa shape index (κ1) is 12.8. The van der Waals surface area contributed by atoms with Gasteiger partial charge in [-0.2, -0.15) is 0 Å². The van der Waals surface area contributed by atoms with Gasteiger partial charge in [0.2, 0.25) is 0 Å². The van der Waals surface area contributed by atoms with Gasteiger partial charge >= 0.3 is 5.97 Å². The summed E-state index contributed by atoms with van der Waals surface area (Å²) in [6.07, 6.45) is 4.08. The summed E-state index contributed by atoms with van der Waals surface area (Å²) in [5.41, 5.74) is 0. The third-order valence-electron chi connectivity index (χ3n) is 3.92. The quantitative estimate of drug-likeness (QED) is 0.732. The molecule has 2 unspecified atom stereocenters. The van der Waals surface area contributed by atoms with Gasteiger partial charge in [0.15, 0.2) is 0 Å². The van der Waals surface area contributed by atoms with E-state index in [1.165, 1.54) is 12.8 Å². The number of carboxylic acids is 1. The fourth-order valence-corrected chi connectivity index (χ4v) is 2.76. The van der Waals surface area contributed by atoms with Gasteiger partial charge in [0.05, 0.1) is 0 Å². The van der Waals surface area contributed by atoms with Crippen molar-refractivity contribution in [2.45, 2.75) is 38.6 Å². The fraction of sp³-hybridized carbons (Fsp3) is 0.923. The van der Waals surface area contributed by atoms with Crippen molar-refractivity contribution in [2.75, 3.05) is 26.2 Å². The van der Waals surface area contributed by atoms with E-state index in [1.54, 1.807) is 0 Å². The van der Waals surface area contributed by atoms with Gasteiger partial charge in [-0.1, -0.05) is 6.92 Å². The van der Waals surface area contributed by atoms with Crippen LogP contribution in [0.4, 0.5) is 0 Å². The molecule has 0 aromatic heterocycles. The van der Waals surface area contributed by atoms with Crippen molar-refractivity contribution in [1.82, 2.24) is 10.2 Å². The van der Waals surface area contributed by atoms with Crippen molar-refractivity contribution in [3.63, 3.8) is 0 Å². The summed E-state index contributed by atoms with van der Waals surface area (Å²) in [4.78, 5) is 13.2. The summed E-state index contributed by atoms with van der Waals surface area (Å²) in [5, 5.41) is 12.5. The molecule has 0 bridgehead atoms. The summed E-state index contributed by atoms with van der Waals surface area (Å²) in [6, 6.07) is 0.494. The van der Waals surface area contributed by atoms with Crippen LogP contribution in [0.15, 0.2) is 0 Å². The van der Waals surface area contributed by atoms with Gasteiger partial charge in [-0.3, -0.25) is 4.79 Å². The second-order valence-electron chi connectivity index (χ2n) is 5.60. The Bertz CT molecular complexity index is 266. The normalized spacial score (nSPS) is 30.4. The lowest BCUT2D eigenvalue weighted by atomic mass is 9.91. The van der Waals surface area contributed by atoms with Crippen molar-refractivity contribution in [2.24, 2.45) is 11.8 Å². The van der Waals surface area contributed by atoms with E-state index in [-0.39, 0.29) is 0 Å². The van der Waals surface area contributed by atoms with Crippen LogP contribution in [-0.4, -0.2) is 48.2 Å². The molecule has 0 amide bonds. The molecule has 0 aromatic carbocycles. The predicted molar refractivity (Wildman–Crippen MR) is 67.0 cm³/mol. The number of hydrogen-bond donors (Lipinski definition) is 2. The maximum absolute atomic E-state index is 10.8. The van der Waals surface area contributed by atoms with E-state index in [2.05, 4.69) is 17.1 Å². The summed E-state index contributed by atoms with van der Waals surface area (Å²) < 4.78 is 0. The topological polar surface area (TPSA) is 52.6 Å². The summed E-state index contributed by atoms with van der Waals surface area (Å²) in [6.45, 7) is 6.34. The van der Waals surface area contributed by atoms with Gasteiger partial charge in [-0.15, -0.1) is 0 Å². The van der Waals surface area contributed by atoms with E-state index >= 15 is 0 Å². The second-order valence-corrected chi connectivity index (χ2v) is 5.60. The highest BCUT2D eigenvalue weighted by Crippen LogP contribution is 2.28. The number of aliphatic carboxylic acids is 1. The molecule has 2 fully saturated rings. The first-order chi connectivity index (χ1) is 8.17. The summed E-state index contributed by atoms with van der Waals surface area (Å²) in [5.74, 6) is 0.553. The van der Waals surface area contributed by atoms with Gasteiger partial charge in [-0.25, -0.2) is 0 Å². The minimum Gasteiger partial charge on any atom is -0.481 e. The van der Waals surface area contributed by atoms with Gasteiger partial charge in [0.25, 0.3) is 0 Å². The van der Waals surface area contributed by atoms with E-state index in [4.69, 9.17) is 5.11 Å². The van der Waals surface area contributed by atoms with Crippen LogP contribution >= 0.6 is 0 Å². The highest BCUT2D eigenvalue weighted by Gasteiger charge is 2.29. The van der Waals surface area contributed by atoms with Crippen LogP contribution in [0.2, 0.25) is 0 Å². The fourth-order valence-electron chi connectivity index (χ4n) is 2.76. The summed E-state index contributed by atoms with van der Waals surface area (Å²) >= 11 is 0. The van der Waals surface area contributed by atoms with Gasteiger partial charge in [-0.05, 0) is 44.2 Å². The van der Waals surface area contributed by atoms with Crippen molar-refractivity contribution in [3.8, 4) is 0 Å². The average molecular weight is 240 g/mol. The zero-order chi connectivity index (χ0) is 12.3. The van der Waals surface area contributed by atoms with Gasteiger partial charge < -0.3 is 15.3 Å². The molecule has 1 aliphatic carbocycles. The molecule has 2 rings (SSSR count). The average Bonchev–Trinajstić information content (AvgIpc) is 3.09. The Labute approximate surface area is 103 Å². The van der Waals surface area contributed by atoms with E-state index < -0.39 is 5.97 Å². The molecule has 2 N–H and O–H groups in total. The number of nitrogens with zero attached hydrogens (tertiary/aromatic N) is 1. The second kappa shape index (κ2) is 5.83. The number of piperidine rings is 1. The molecule has 0 radical (unpaired) electrons. The van der Waals surface area contributed by atoms with E-state index in [9.17, 15) is 4.79 Å². The molecule has 4 heteroatoms. The van der Waals surface area contributed by atoms with Crippen LogP contribution in [0.3, 0.4) is 0 Å². The molecule has 1 heterocycles. The molecule has 2 atom stereocenters. The molecule has 0 spiro atoms. The standard InChI is InChI=1S/C13H24N2O2/c1-2-15-8-11(6-13(16)17)5-12(9-15)14-7-10-3-4-10/h10-12,14H,2-9H2,1H3,(H,16,17). The van der Waals surface area contributed by atoms with Crippen molar-refractivity contribution in [3.05, 3.63) is 0 Å². The van der Waals surface area contributed by atoms with Gasteiger partial charge in [0.1, 0.15) is 0 Å². The smallest absolute Gasteiger partial charge is 0.303 e. The highest BCUT2D eigenvalue weighted by molar-refractivity contribution is 5.67. The molecule has 4 nitrogen and oxygen atoms in total. The monoisotopic (exact) mass is 240 g/mol. The number of likely N-dealkylation sites (N-methyl/N-ethyl adjacent to an activating group) is 1. The Kier molecular flexibility index (Phi) is 4.40. The van der Waals surface area contributed by atoms with Crippen molar-refractivity contribution < 1.29 is 9.90 Å². The largest absolute Gasteiger partial charge is 0.481 e. The summed E-state index contributed by atoms with van der Waals surface area (Å²) in [7, 11) is 0. The Hall–Kier alpha value is -0.610. The predicted octanol–water partition coefficient (Wildman–Crippen LogP) is 1.17. The third-order valence-corrected chi connectivity index (χ3v) is 3.92. The molecule has 98 valence electrons. The number of carbonyl (C=O) groups is 1. The van der Waals surface area contributed by atoms with Crippen LogP contribution in [0.1, 0.15) is 32.6 Å². The van der Waals surface area contributed by atoms with Crippen LogP contribution < -0.4 is 5.32 Å². The van der Waals surface area contributed by atoms with Crippen molar-refractivity contribution in [1.29, 1.82) is 0 Å². The number of hydrogen-bond acceptors (Lipinski definition) is 3. The highest BCUT2D eigenvalue weighted by atomic mass is 16.4. The van der Waals surface area contributed by atoms with Crippen molar-refractivity contribution >= 4 is 5.97 Å². The van der Waals surface area contributed by atoms with Crippen LogP contribution in [0, 0.1) is 11.8 Å². The van der Waals surface area contributed by atoms with E-state index in [0.29, 0.717) is 18.4 Å². The maximum atomic E-state index is 10.8. The molecule has 1 aliphatic heterocycles. The number of carboxylic acid groups (broad SMARTS) is 1. The molecular weight excluding hydrogens is 216 g/mol. The maximum Gasteiger partial charge on any atom is 0.303 e. The minimum atomic E-state index is -0.658. The lowest BCUT2D eigenvalue weighted by Gasteiger charge is -2.37. The Balaban J connectivity index is 1.80. The van der Waals surface area contributed by atoms with Crippen LogP contribution in [-0.2, 0) is 4.79 Å². The van der Waals surface area contributed by atoms with E-state index in [0.717, 1.165) is 38.5 Å². The minimum absolute atomic E-state index is 0.318. The Morgan fingerprint density at radius 3 is 2.71 bits per heavy atom. The van der Waals surface area contributed by atoms with Crippen LogP contribution in [0.5, 0.6) is 0 Å². The van der Waals surface area contributed by atoms with Crippen LogP contribution in [0.25, 0.3) is 0 Å².